The smallest absolute Gasteiger partial charge is 0.311 e. The lowest BCUT2D eigenvalue weighted by Crippen LogP contribution is -2.45. The van der Waals surface area contributed by atoms with Gasteiger partial charge in [0, 0.05) is 12.6 Å². The van der Waals surface area contributed by atoms with Gasteiger partial charge in [-0.25, -0.2) is 0 Å². The lowest BCUT2D eigenvalue weighted by molar-refractivity contribution is -0.162. The average molecular weight is 299 g/mol. The molecule has 1 saturated heterocycles. The van der Waals surface area contributed by atoms with Crippen LogP contribution in [0, 0.1) is 5.92 Å². The molecular weight excluding hydrogens is 270 g/mol. The van der Waals surface area contributed by atoms with Crippen LogP contribution in [0.1, 0.15) is 66.7 Å². The second kappa shape index (κ2) is 7.39. The average Bonchev–Trinajstić information content (AvgIpc) is 2.72. The molecule has 0 amide bonds. The number of rotatable bonds is 6. The van der Waals surface area contributed by atoms with E-state index in [-0.39, 0.29) is 17.9 Å². The van der Waals surface area contributed by atoms with E-state index in [1.807, 2.05) is 20.8 Å². The minimum atomic E-state index is -0.424. The van der Waals surface area contributed by atoms with Gasteiger partial charge in [-0.05, 0) is 46.5 Å². The molecule has 0 bridgehead atoms. The highest BCUT2D eigenvalue weighted by Crippen LogP contribution is 2.27. The molecule has 2 atom stereocenters. The van der Waals surface area contributed by atoms with Crippen LogP contribution in [0.15, 0.2) is 0 Å². The molecule has 0 aromatic heterocycles. The summed E-state index contributed by atoms with van der Waals surface area (Å²) >= 11 is 5.47. The van der Waals surface area contributed by atoms with E-state index in [0.29, 0.717) is 0 Å². The van der Waals surface area contributed by atoms with Crippen LogP contribution in [-0.4, -0.2) is 34.0 Å². The Morgan fingerprint density at radius 3 is 2.45 bits per heavy atom. The molecule has 0 spiro atoms. The zero-order valence-electron chi connectivity index (χ0n) is 13.6. The number of ether oxygens (including phenoxy) is 1. The SMILES string of the molecule is CCC[C@H]([C@@H](CC)C(=O)OC(C)(C)C)N1CCCC1=S. The quantitative estimate of drug-likeness (QED) is 0.549. The Bertz CT molecular complexity index is 349. The number of carbonyl (C=O) groups excluding carboxylic acids is 1. The van der Waals surface area contributed by atoms with Crippen LogP contribution in [-0.2, 0) is 9.53 Å². The Balaban J connectivity index is 2.85. The summed E-state index contributed by atoms with van der Waals surface area (Å²) in [6, 6.07) is 0.204. The van der Waals surface area contributed by atoms with Gasteiger partial charge in [0.15, 0.2) is 0 Å². The zero-order valence-corrected chi connectivity index (χ0v) is 14.4. The number of esters is 1. The topological polar surface area (TPSA) is 29.5 Å². The minimum Gasteiger partial charge on any atom is -0.460 e. The molecule has 3 nitrogen and oxygen atoms in total. The molecule has 116 valence electrons. The van der Waals surface area contributed by atoms with Crippen molar-refractivity contribution in [1.82, 2.24) is 4.90 Å². The van der Waals surface area contributed by atoms with Crippen molar-refractivity contribution < 1.29 is 9.53 Å². The number of thiocarbonyl (C=S) groups is 1. The van der Waals surface area contributed by atoms with Gasteiger partial charge in [0.1, 0.15) is 5.60 Å². The molecule has 0 saturated carbocycles. The number of hydrogen-bond acceptors (Lipinski definition) is 3. The monoisotopic (exact) mass is 299 g/mol. The van der Waals surface area contributed by atoms with Crippen molar-refractivity contribution in [2.24, 2.45) is 5.92 Å². The molecule has 0 N–H and O–H groups in total. The molecule has 0 radical (unpaired) electrons. The van der Waals surface area contributed by atoms with E-state index in [1.54, 1.807) is 0 Å². The Labute approximate surface area is 129 Å². The maximum absolute atomic E-state index is 12.5. The summed E-state index contributed by atoms with van der Waals surface area (Å²) in [4.78, 5) is 15.8. The van der Waals surface area contributed by atoms with E-state index in [2.05, 4.69) is 18.7 Å². The van der Waals surface area contributed by atoms with Gasteiger partial charge in [-0.15, -0.1) is 0 Å². The van der Waals surface area contributed by atoms with Crippen molar-refractivity contribution in [1.29, 1.82) is 0 Å². The van der Waals surface area contributed by atoms with Crippen molar-refractivity contribution in [2.75, 3.05) is 6.54 Å². The van der Waals surface area contributed by atoms with Gasteiger partial charge >= 0.3 is 5.97 Å². The van der Waals surface area contributed by atoms with Gasteiger partial charge < -0.3 is 9.64 Å². The van der Waals surface area contributed by atoms with Gasteiger partial charge in [0.25, 0.3) is 0 Å². The molecule has 1 fully saturated rings. The molecule has 4 heteroatoms. The number of likely N-dealkylation sites (tertiary alicyclic amines) is 1. The van der Waals surface area contributed by atoms with Crippen LogP contribution in [0.3, 0.4) is 0 Å². The fourth-order valence-electron chi connectivity index (χ4n) is 2.86. The second-order valence-electron chi connectivity index (χ2n) is 6.59. The fourth-order valence-corrected chi connectivity index (χ4v) is 3.23. The normalized spacial score (nSPS) is 19.1. The van der Waals surface area contributed by atoms with Crippen LogP contribution in [0.5, 0.6) is 0 Å². The van der Waals surface area contributed by atoms with Crippen molar-refractivity contribution in [3.63, 3.8) is 0 Å². The summed E-state index contributed by atoms with van der Waals surface area (Å²) in [5.74, 6) is -0.154. The van der Waals surface area contributed by atoms with Crippen molar-refractivity contribution in [3.8, 4) is 0 Å². The Morgan fingerprint density at radius 2 is 2.05 bits per heavy atom. The molecule has 20 heavy (non-hydrogen) atoms. The number of nitrogens with zero attached hydrogens (tertiary/aromatic N) is 1. The van der Waals surface area contributed by atoms with Gasteiger partial charge in [0.05, 0.1) is 10.9 Å². The zero-order chi connectivity index (χ0) is 15.3. The third kappa shape index (κ3) is 4.72. The molecule has 0 aromatic carbocycles. The molecular formula is C16H29NO2S. The molecule has 1 aliphatic rings. The molecule has 0 aliphatic carbocycles. The fraction of sp³-hybridized carbons (Fsp3) is 0.875. The molecule has 1 rings (SSSR count). The highest BCUT2D eigenvalue weighted by molar-refractivity contribution is 7.80. The van der Waals surface area contributed by atoms with Crippen LogP contribution in [0.25, 0.3) is 0 Å². The van der Waals surface area contributed by atoms with E-state index in [9.17, 15) is 4.79 Å². The summed E-state index contributed by atoms with van der Waals surface area (Å²) in [5, 5.41) is 0. The van der Waals surface area contributed by atoms with Crippen molar-refractivity contribution in [2.45, 2.75) is 78.4 Å². The maximum Gasteiger partial charge on any atom is 0.311 e. The Morgan fingerprint density at radius 1 is 1.40 bits per heavy atom. The minimum absolute atomic E-state index is 0.0758. The molecule has 1 heterocycles. The van der Waals surface area contributed by atoms with Crippen molar-refractivity contribution >= 4 is 23.2 Å². The lowest BCUT2D eigenvalue weighted by Gasteiger charge is -2.35. The summed E-state index contributed by atoms with van der Waals surface area (Å²) < 4.78 is 5.60. The first-order valence-electron chi connectivity index (χ1n) is 7.82. The van der Waals surface area contributed by atoms with Gasteiger partial charge in [0.2, 0.25) is 0 Å². The summed E-state index contributed by atoms with van der Waals surface area (Å²) in [6.07, 6.45) is 4.96. The first kappa shape index (κ1) is 17.4. The molecule has 1 aliphatic heterocycles. The predicted molar refractivity (Wildman–Crippen MR) is 86.9 cm³/mol. The van der Waals surface area contributed by atoms with Crippen LogP contribution >= 0.6 is 12.2 Å². The highest BCUT2D eigenvalue weighted by atomic mass is 32.1. The Hall–Kier alpha value is -0.640. The Kier molecular flexibility index (Phi) is 6.44. The van der Waals surface area contributed by atoms with Crippen LogP contribution in [0.4, 0.5) is 0 Å². The maximum atomic E-state index is 12.5. The van der Waals surface area contributed by atoms with Gasteiger partial charge in [-0.3, -0.25) is 4.79 Å². The third-order valence-corrected chi connectivity index (χ3v) is 4.15. The number of carbonyl (C=O) groups is 1. The largest absolute Gasteiger partial charge is 0.460 e. The van der Waals surface area contributed by atoms with E-state index < -0.39 is 5.60 Å². The highest BCUT2D eigenvalue weighted by Gasteiger charge is 2.36. The third-order valence-electron chi connectivity index (χ3n) is 3.71. The van der Waals surface area contributed by atoms with E-state index in [0.717, 1.165) is 43.6 Å². The van der Waals surface area contributed by atoms with E-state index in [1.165, 1.54) is 0 Å². The van der Waals surface area contributed by atoms with Crippen LogP contribution in [0.2, 0.25) is 0 Å². The first-order valence-corrected chi connectivity index (χ1v) is 8.23. The predicted octanol–water partition coefficient (Wildman–Crippen LogP) is 3.95. The summed E-state index contributed by atoms with van der Waals surface area (Å²) in [7, 11) is 0. The van der Waals surface area contributed by atoms with Gasteiger partial charge in [-0.1, -0.05) is 32.5 Å². The number of hydrogen-bond donors (Lipinski definition) is 0. The molecule has 0 aromatic rings. The first-order chi connectivity index (χ1) is 9.30. The standard InChI is InChI=1S/C16H29NO2S/c1-6-9-13(17-11-8-10-14(17)20)12(7-2)15(18)19-16(3,4)5/h12-13H,6-11H2,1-5H3/t12-,13-/m1/s1. The lowest BCUT2D eigenvalue weighted by atomic mass is 9.92. The van der Waals surface area contributed by atoms with Crippen molar-refractivity contribution in [3.05, 3.63) is 0 Å². The van der Waals surface area contributed by atoms with Gasteiger partial charge in [-0.2, -0.15) is 0 Å². The van der Waals surface area contributed by atoms with E-state index in [4.69, 9.17) is 17.0 Å². The second-order valence-corrected chi connectivity index (χ2v) is 7.07. The van der Waals surface area contributed by atoms with Crippen LogP contribution < -0.4 is 0 Å². The summed E-state index contributed by atoms with van der Waals surface area (Å²) in [5.41, 5.74) is -0.424. The molecule has 0 unspecified atom stereocenters. The van der Waals surface area contributed by atoms with E-state index >= 15 is 0 Å². The summed E-state index contributed by atoms with van der Waals surface area (Å²) in [6.45, 7) is 11.0.